The Kier molecular flexibility index (Phi) is 5.84. The first kappa shape index (κ1) is 16.0. The van der Waals surface area contributed by atoms with E-state index in [1.54, 1.807) is 0 Å². The third-order valence-corrected chi connectivity index (χ3v) is 2.87. The van der Waals surface area contributed by atoms with Crippen LogP contribution in [0.3, 0.4) is 0 Å². The number of alkyl halides is 4. The second-order valence-corrected chi connectivity index (χ2v) is 4.31. The van der Waals surface area contributed by atoms with E-state index >= 15 is 0 Å². The van der Waals surface area contributed by atoms with Gasteiger partial charge in [-0.1, -0.05) is 0 Å². The highest BCUT2D eigenvalue weighted by molar-refractivity contribution is 5.68. The summed E-state index contributed by atoms with van der Waals surface area (Å²) in [6, 6.07) is 0. The quantitative estimate of drug-likeness (QED) is 0.746. The van der Waals surface area contributed by atoms with Crippen molar-refractivity contribution in [3.8, 4) is 0 Å². The molecule has 0 N–H and O–H groups in total. The second kappa shape index (κ2) is 6.93. The van der Waals surface area contributed by atoms with E-state index in [1.807, 2.05) is 0 Å². The van der Waals surface area contributed by atoms with Crippen LogP contribution in [0.15, 0.2) is 0 Å². The van der Waals surface area contributed by atoms with Gasteiger partial charge in [0.1, 0.15) is 6.67 Å². The maximum absolute atomic E-state index is 12.2. The molecule has 1 aliphatic heterocycles. The number of piperidine rings is 1. The minimum atomic E-state index is -4.56. The molecule has 4 nitrogen and oxygen atoms in total. The predicted octanol–water partition coefficient (Wildman–Crippen LogP) is 2.52. The Morgan fingerprint density at radius 1 is 1.37 bits per heavy atom. The van der Waals surface area contributed by atoms with Crippen LogP contribution in [-0.2, 0) is 9.47 Å². The molecular formula is C11H17F4NO3. The molecule has 1 rings (SSSR count). The zero-order valence-electron chi connectivity index (χ0n) is 10.6. The van der Waals surface area contributed by atoms with Crippen LogP contribution in [0.2, 0.25) is 0 Å². The first-order valence-electron chi connectivity index (χ1n) is 6.04. The monoisotopic (exact) mass is 287 g/mol. The lowest BCUT2D eigenvalue weighted by Gasteiger charge is -2.32. The largest absolute Gasteiger partial charge is 0.437 e. The van der Waals surface area contributed by atoms with E-state index in [0.29, 0.717) is 12.8 Å². The van der Waals surface area contributed by atoms with Gasteiger partial charge in [0.25, 0.3) is 0 Å². The molecule has 19 heavy (non-hydrogen) atoms. The number of amides is 1. The lowest BCUT2D eigenvalue weighted by molar-refractivity contribution is -0.200. The highest BCUT2D eigenvalue weighted by Gasteiger charge is 2.40. The normalized spacial score (nSPS) is 19.3. The average molecular weight is 287 g/mol. The molecule has 112 valence electrons. The summed E-state index contributed by atoms with van der Waals surface area (Å²) >= 11 is 0. The molecule has 0 spiro atoms. The van der Waals surface area contributed by atoms with Crippen molar-refractivity contribution in [1.29, 1.82) is 0 Å². The molecule has 0 saturated carbocycles. The Bertz CT molecular complexity index is 290. The Balaban J connectivity index is 2.33. The number of hydrogen-bond acceptors (Lipinski definition) is 3. The molecular weight excluding hydrogens is 270 g/mol. The molecule has 0 bridgehead atoms. The number of carbonyl (C=O) groups excluding carboxylic acids is 1. The summed E-state index contributed by atoms with van der Waals surface area (Å²) < 4.78 is 58.1. The molecule has 1 amide bonds. The van der Waals surface area contributed by atoms with E-state index in [2.05, 4.69) is 4.74 Å². The SMILES string of the molecule is CC(OC(=O)N1CCC(OCCF)CC1)C(F)(F)F. The molecule has 0 aromatic carbocycles. The standard InChI is InChI=1S/C11H17F4NO3/c1-8(11(13,14)15)19-10(17)16-5-2-9(3-6-16)18-7-4-12/h8-9H,2-7H2,1H3. The van der Waals surface area contributed by atoms with Gasteiger partial charge in [0.05, 0.1) is 12.7 Å². The van der Waals surface area contributed by atoms with Crippen molar-refractivity contribution in [1.82, 2.24) is 4.90 Å². The van der Waals surface area contributed by atoms with Crippen molar-refractivity contribution in [3.05, 3.63) is 0 Å². The van der Waals surface area contributed by atoms with Crippen LogP contribution >= 0.6 is 0 Å². The van der Waals surface area contributed by atoms with Gasteiger partial charge in [-0.25, -0.2) is 9.18 Å². The van der Waals surface area contributed by atoms with Crippen LogP contribution in [0.4, 0.5) is 22.4 Å². The van der Waals surface area contributed by atoms with Crippen molar-refractivity contribution in [2.45, 2.75) is 38.1 Å². The van der Waals surface area contributed by atoms with Crippen molar-refractivity contribution < 1.29 is 31.8 Å². The topological polar surface area (TPSA) is 38.8 Å². The van der Waals surface area contributed by atoms with E-state index in [9.17, 15) is 22.4 Å². The molecule has 0 radical (unpaired) electrons. The third-order valence-electron chi connectivity index (χ3n) is 2.87. The lowest BCUT2D eigenvalue weighted by Crippen LogP contribution is -2.44. The molecule has 1 atom stereocenters. The van der Waals surface area contributed by atoms with Gasteiger partial charge in [-0.05, 0) is 19.8 Å². The number of likely N-dealkylation sites (tertiary alicyclic amines) is 1. The number of rotatable bonds is 4. The van der Waals surface area contributed by atoms with Gasteiger partial charge < -0.3 is 14.4 Å². The first-order chi connectivity index (χ1) is 8.84. The molecule has 1 fully saturated rings. The van der Waals surface area contributed by atoms with Gasteiger partial charge >= 0.3 is 12.3 Å². The van der Waals surface area contributed by atoms with Gasteiger partial charge in [0.15, 0.2) is 6.10 Å². The van der Waals surface area contributed by atoms with Gasteiger partial charge in [-0.15, -0.1) is 0 Å². The second-order valence-electron chi connectivity index (χ2n) is 4.31. The summed E-state index contributed by atoms with van der Waals surface area (Å²) in [6.45, 7) is 0.710. The van der Waals surface area contributed by atoms with Gasteiger partial charge in [-0.2, -0.15) is 13.2 Å². The van der Waals surface area contributed by atoms with E-state index in [1.165, 1.54) is 4.90 Å². The number of nitrogens with zero attached hydrogens (tertiary/aromatic N) is 1. The highest BCUT2D eigenvalue weighted by atomic mass is 19.4. The smallest absolute Gasteiger partial charge is 0.425 e. The van der Waals surface area contributed by atoms with E-state index < -0.39 is 25.0 Å². The molecule has 0 aromatic rings. The fourth-order valence-electron chi connectivity index (χ4n) is 1.71. The first-order valence-corrected chi connectivity index (χ1v) is 6.04. The molecule has 1 unspecified atom stereocenters. The van der Waals surface area contributed by atoms with Gasteiger partial charge in [-0.3, -0.25) is 0 Å². The number of halogens is 4. The Morgan fingerprint density at radius 3 is 2.42 bits per heavy atom. The zero-order chi connectivity index (χ0) is 14.5. The summed E-state index contributed by atoms with van der Waals surface area (Å²) in [5.41, 5.74) is 0. The van der Waals surface area contributed by atoms with Crippen LogP contribution in [0.1, 0.15) is 19.8 Å². The minimum Gasteiger partial charge on any atom is -0.437 e. The van der Waals surface area contributed by atoms with Crippen LogP contribution in [0, 0.1) is 0 Å². The molecule has 0 aromatic heterocycles. The Morgan fingerprint density at radius 2 is 1.95 bits per heavy atom. The predicted molar refractivity (Wildman–Crippen MR) is 58.5 cm³/mol. The van der Waals surface area contributed by atoms with Crippen molar-refractivity contribution in [2.75, 3.05) is 26.4 Å². The van der Waals surface area contributed by atoms with Crippen molar-refractivity contribution in [2.24, 2.45) is 0 Å². The Hall–Kier alpha value is -1.05. The maximum atomic E-state index is 12.2. The maximum Gasteiger partial charge on any atom is 0.425 e. The molecule has 1 heterocycles. The van der Waals surface area contributed by atoms with Crippen LogP contribution in [-0.4, -0.2) is 55.7 Å². The summed E-state index contributed by atoms with van der Waals surface area (Å²) in [7, 11) is 0. The number of hydrogen-bond donors (Lipinski definition) is 0. The number of ether oxygens (including phenoxy) is 2. The van der Waals surface area contributed by atoms with Crippen molar-refractivity contribution in [3.63, 3.8) is 0 Å². The number of carbonyl (C=O) groups is 1. The molecule has 1 aliphatic rings. The van der Waals surface area contributed by atoms with E-state index in [0.717, 1.165) is 6.92 Å². The summed E-state index contributed by atoms with van der Waals surface area (Å²) in [6.07, 6.45) is -6.88. The zero-order valence-corrected chi connectivity index (χ0v) is 10.6. The van der Waals surface area contributed by atoms with Crippen LogP contribution in [0.5, 0.6) is 0 Å². The van der Waals surface area contributed by atoms with Crippen LogP contribution < -0.4 is 0 Å². The average Bonchev–Trinajstić information content (AvgIpc) is 2.35. The highest BCUT2D eigenvalue weighted by Crippen LogP contribution is 2.23. The molecule has 1 saturated heterocycles. The van der Waals surface area contributed by atoms with Gasteiger partial charge in [0.2, 0.25) is 0 Å². The van der Waals surface area contributed by atoms with Gasteiger partial charge in [0, 0.05) is 13.1 Å². The fraction of sp³-hybridized carbons (Fsp3) is 0.909. The minimum absolute atomic E-state index is 0.000219. The summed E-state index contributed by atoms with van der Waals surface area (Å²) in [5.74, 6) is 0. The fourth-order valence-corrected chi connectivity index (χ4v) is 1.71. The van der Waals surface area contributed by atoms with Crippen LogP contribution in [0.25, 0.3) is 0 Å². The summed E-state index contributed by atoms with van der Waals surface area (Å²) in [4.78, 5) is 12.7. The third kappa shape index (κ3) is 5.22. The van der Waals surface area contributed by atoms with E-state index in [4.69, 9.17) is 4.74 Å². The van der Waals surface area contributed by atoms with Crippen molar-refractivity contribution >= 4 is 6.09 Å². The molecule has 8 heteroatoms. The molecule has 0 aliphatic carbocycles. The Labute approximate surface area is 108 Å². The summed E-state index contributed by atoms with van der Waals surface area (Å²) in [5, 5.41) is 0. The van der Waals surface area contributed by atoms with E-state index in [-0.39, 0.29) is 25.8 Å². The lowest BCUT2D eigenvalue weighted by atomic mass is 10.1.